The summed E-state index contributed by atoms with van der Waals surface area (Å²) in [6.45, 7) is 2.29. The highest BCUT2D eigenvalue weighted by molar-refractivity contribution is 5.71. The molecule has 6 rings (SSSR count). The van der Waals surface area contributed by atoms with E-state index in [-0.39, 0.29) is 0 Å². The minimum atomic E-state index is 0.525. The van der Waals surface area contributed by atoms with E-state index in [1.165, 1.54) is 5.56 Å². The molecule has 154 valence electrons. The van der Waals surface area contributed by atoms with Crippen molar-refractivity contribution in [3.63, 3.8) is 0 Å². The molecule has 2 N–H and O–H groups in total. The van der Waals surface area contributed by atoms with Gasteiger partial charge in [-0.05, 0) is 41.8 Å². The minimum Gasteiger partial charge on any atom is -0.381 e. The Morgan fingerprint density at radius 3 is 2.91 bits per heavy atom. The summed E-state index contributed by atoms with van der Waals surface area (Å²) in [5, 5.41) is 10.4. The molecule has 0 aliphatic carbocycles. The minimum absolute atomic E-state index is 0.525. The van der Waals surface area contributed by atoms with Crippen molar-refractivity contribution >= 4 is 17.7 Å². The third-order valence-electron chi connectivity index (χ3n) is 5.42. The van der Waals surface area contributed by atoms with E-state index in [1.807, 2.05) is 18.3 Å². The third kappa shape index (κ3) is 3.46. The molecule has 32 heavy (non-hydrogen) atoms. The smallest absolute Gasteiger partial charge is 0.226 e. The standard InChI is InChI=1S/C24H18N8/c1-2-17-12-16(4-6-20(17)25-9-1)3-5-19-7-10-26-23(29-19)21-8-11-27-24(30-21)32-14-18-13-28-31-22(18)15-32/h1-2,4,6-8,10-13,25H,9,14-15H2,(H,28,31). The predicted octanol–water partition coefficient (Wildman–Crippen LogP) is 3.02. The van der Waals surface area contributed by atoms with Crippen LogP contribution in [0.1, 0.15) is 28.1 Å². The fourth-order valence-electron chi connectivity index (χ4n) is 3.81. The van der Waals surface area contributed by atoms with Gasteiger partial charge in [-0.15, -0.1) is 0 Å². The van der Waals surface area contributed by atoms with Crippen molar-refractivity contribution < 1.29 is 0 Å². The van der Waals surface area contributed by atoms with Crippen LogP contribution in [0.4, 0.5) is 11.6 Å². The highest BCUT2D eigenvalue weighted by Crippen LogP contribution is 2.25. The largest absolute Gasteiger partial charge is 0.381 e. The maximum absolute atomic E-state index is 4.69. The Morgan fingerprint density at radius 1 is 0.969 bits per heavy atom. The lowest BCUT2D eigenvalue weighted by atomic mass is 10.1. The number of hydrogen-bond acceptors (Lipinski definition) is 7. The van der Waals surface area contributed by atoms with Crippen molar-refractivity contribution in [1.29, 1.82) is 0 Å². The number of rotatable bonds is 2. The molecule has 5 heterocycles. The fourth-order valence-corrected chi connectivity index (χ4v) is 3.81. The zero-order valence-electron chi connectivity index (χ0n) is 17.1. The molecule has 0 spiro atoms. The zero-order chi connectivity index (χ0) is 21.3. The van der Waals surface area contributed by atoms with Crippen molar-refractivity contribution in [2.24, 2.45) is 0 Å². The Kier molecular flexibility index (Phi) is 4.36. The van der Waals surface area contributed by atoms with Crippen LogP contribution in [-0.4, -0.2) is 36.7 Å². The molecule has 8 heteroatoms. The molecule has 3 aromatic heterocycles. The molecule has 0 unspecified atom stereocenters. The molecular formula is C24H18N8. The molecule has 2 aliphatic heterocycles. The van der Waals surface area contributed by atoms with E-state index >= 15 is 0 Å². The first kappa shape index (κ1) is 18.3. The summed E-state index contributed by atoms with van der Waals surface area (Å²) in [5.41, 5.74) is 6.78. The first-order chi connectivity index (χ1) is 15.8. The second kappa shape index (κ2) is 7.63. The molecular weight excluding hydrogens is 400 g/mol. The Morgan fingerprint density at radius 2 is 1.94 bits per heavy atom. The van der Waals surface area contributed by atoms with Crippen molar-refractivity contribution in [2.75, 3.05) is 16.8 Å². The molecule has 2 aliphatic rings. The van der Waals surface area contributed by atoms with E-state index in [0.717, 1.165) is 35.6 Å². The van der Waals surface area contributed by atoms with Gasteiger partial charge in [0.2, 0.25) is 5.95 Å². The Bertz CT molecular complexity index is 1390. The number of hydrogen-bond donors (Lipinski definition) is 2. The first-order valence-corrected chi connectivity index (χ1v) is 10.3. The average Bonchev–Trinajstić information content (AvgIpc) is 3.46. The molecule has 0 radical (unpaired) electrons. The number of H-pyrrole nitrogens is 1. The summed E-state index contributed by atoms with van der Waals surface area (Å²) >= 11 is 0. The van der Waals surface area contributed by atoms with Gasteiger partial charge in [0, 0.05) is 42.3 Å². The quantitative estimate of drug-likeness (QED) is 0.483. The second-order valence-corrected chi connectivity index (χ2v) is 7.57. The number of fused-ring (bicyclic) bond motifs is 2. The van der Waals surface area contributed by atoms with Crippen LogP contribution in [0.5, 0.6) is 0 Å². The SMILES string of the molecule is C(#Cc1ccnc(-c2ccnc(N3Cc4cn[nH]c4C3)n2)n1)c1ccc2c(c1)C=CCN2. The number of anilines is 2. The van der Waals surface area contributed by atoms with Crippen LogP contribution in [0.15, 0.2) is 55.0 Å². The number of nitrogens with zero attached hydrogens (tertiary/aromatic N) is 6. The van der Waals surface area contributed by atoms with E-state index in [9.17, 15) is 0 Å². The van der Waals surface area contributed by atoms with Crippen LogP contribution >= 0.6 is 0 Å². The average molecular weight is 418 g/mol. The van der Waals surface area contributed by atoms with Crippen molar-refractivity contribution in [3.8, 4) is 23.4 Å². The zero-order valence-corrected chi connectivity index (χ0v) is 17.1. The molecule has 0 saturated carbocycles. The molecule has 1 aromatic carbocycles. The van der Waals surface area contributed by atoms with Crippen LogP contribution in [0.2, 0.25) is 0 Å². The van der Waals surface area contributed by atoms with Gasteiger partial charge < -0.3 is 10.2 Å². The number of nitrogens with one attached hydrogen (secondary N) is 2. The van der Waals surface area contributed by atoms with E-state index in [0.29, 0.717) is 29.7 Å². The lowest BCUT2D eigenvalue weighted by molar-refractivity contribution is 0.803. The molecule has 0 bridgehead atoms. The lowest BCUT2D eigenvalue weighted by Crippen LogP contribution is -2.18. The van der Waals surface area contributed by atoms with Gasteiger partial charge in [0.05, 0.1) is 18.4 Å². The van der Waals surface area contributed by atoms with E-state index < -0.39 is 0 Å². The second-order valence-electron chi connectivity index (χ2n) is 7.57. The van der Waals surface area contributed by atoms with Gasteiger partial charge in [-0.2, -0.15) is 5.10 Å². The molecule has 0 saturated heterocycles. The summed E-state index contributed by atoms with van der Waals surface area (Å²) in [5.74, 6) is 7.51. The van der Waals surface area contributed by atoms with Crippen molar-refractivity contribution in [3.05, 3.63) is 83.1 Å². The van der Waals surface area contributed by atoms with E-state index in [4.69, 9.17) is 0 Å². The normalized spacial score (nSPS) is 13.7. The van der Waals surface area contributed by atoms with Gasteiger partial charge in [0.25, 0.3) is 0 Å². The first-order valence-electron chi connectivity index (χ1n) is 10.3. The highest BCUT2D eigenvalue weighted by Gasteiger charge is 2.23. The number of benzene rings is 1. The molecule has 8 nitrogen and oxygen atoms in total. The van der Waals surface area contributed by atoms with Gasteiger partial charge >= 0.3 is 0 Å². The monoisotopic (exact) mass is 418 g/mol. The molecule has 0 amide bonds. The van der Waals surface area contributed by atoms with E-state index in [1.54, 1.807) is 18.5 Å². The number of aromatic amines is 1. The maximum Gasteiger partial charge on any atom is 0.226 e. The molecule has 0 atom stereocenters. The summed E-state index contributed by atoms with van der Waals surface area (Å²) in [6.07, 6.45) is 9.50. The van der Waals surface area contributed by atoms with Crippen LogP contribution < -0.4 is 10.2 Å². The highest BCUT2D eigenvalue weighted by atomic mass is 15.3. The third-order valence-corrected chi connectivity index (χ3v) is 5.42. The predicted molar refractivity (Wildman–Crippen MR) is 121 cm³/mol. The Balaban J connectivity index is 1.25. The maximum atomic E-state index is 4.69. The summed E-state index contributed by atoms with van der Waals surface area (Å²) in [6, 6.07) is 9.76. The lowest BCUT2D eigenvalue weighted by Gasteiger charge is -2.15. The van der Waals surface area contributed by atoms with Crippen LogP contribution in [-0.2, 0) is 13.1 Å². The topological polar surface area (TPSA) is 95.5 Å². The molecule has 4 aromatic rings. The van der Waals surface area contributed by atoms with Gasteiger partial charge in [-0.1, -0.05) is 18.1 Å². The fraction of sp³-hybridized carbons (Fsp3) is 0.125. The summed E-state index contributed by atoms with van der Waals surface area (Å²) in [7, 11) is 0. The van der Waals surface area contributed by atoms with Gasteiger partial charge in [-0.25, -0.2) is 19.9 Å². The Hall–Kier alpha value is -4.51. The summed E-state index contributed by atoms with van der Waals surface area (Å²) in [4.78, 5) is 20.2. The summed E-state index contributed by atoms with van der Waals surface area (Å²) < 4.78 is 0. The number of aromatic nitrogens is 6. The van der Waals surface area contributed by atoms with Crippen LogP contribution in [0.3, 0.4) is 0 Å². The van der Waals surface area contributed by atoms with Gasteiger partial charge in [-0.3, -0.25) is 5.10 Å². The van der Waals surface area contributed by atoms with Crippen molar-refractivity contribution in [2.45, 2.75) is 13.1 Å². The Labute approximate surface area is 184 Å². The van der Waals surface area contributed by atoms with Gasteiger partial charge in [0.1, 0.15) is 11.4 Å². The van der Waals surface area contributed by atoms with E-state index in [2.05, 4.69) is 76.5 Å². The van der Waals surface area contributed by atoms with Crippen LogP contribution in [0, 0.1) is 11.8 Å². The van der Waals surface area contributed by atoms with Crippen LogP contribution in [0.25, 0.3) is 17.6 Å². The van der Waals surface area contributed by atoms with Crippen molar-refractivity contribution in [1.82, 2.24) is 30.1 Å². The molecule has 0 fully saturated rings. The van der Waals surface area contributed by atoms with Gasteiger partial charge in [0.15, 0.2) is 5.82 Å².